The maximum absolute atomic E-state index is 13.3. The van der Waals surface area contributed by atoms with E-state index in [1.807, 2.05) is 4.72 Å². The van der Waals surface area contributed by atoms with Crippen molar-refractivity contribution in [3.8, 4) is 0 Å². The second-order valence-corrected chi connectivity index (χ2v) is 5.23. The number of benzene rings is 1. The maximum atomic E-state index is 13.3. The van der Waals surface area contributed by atoms with E-state index in [-0.39, 0.29) is 4.90 Å². The molecular weight excluding hydrogens is 264 g/mol. The number of anilines is 1. The van der Waals surface area contributed by atoms with Gasteiger partial charge in [0.25, 0.3) is 10.0 Å². The van der Waals surface area contributed by atoms with Gasteiger partial charge in [-0.05, 0) is 12.1 Å². The van der Waals surface area contributed by atoms with Crippen LogP contribution in [0, 0.1) is 11.6 Å². The zero-order valence-corrected chi connectivity index (χ0v) is 10.1. The number of nitrogens with zero attached hydrogens (tertiary/aromatic N) is 2. The second kappa shape index (κ2) is 4.37. The van der Waals surface area contributed by atoms with Crippen molar-refractivity contribution in [3.63, 3.8) is 0 Å². The molecule has 96 valence electrons. The molecule has 1 heterocycles. The first-order chi connectivity index (χ1) is 8.40. The molecule has 0 amide bonds. The molecule has 1 aromatic carbocycles. The minimum Gasteiger partial charge on any atom is -0.274 e. The molecule has 0 saturated heterocycles. The van der Waals surface area contributed by atoms with E-state index in [1.165, 1.54) is 17.9 Å². The summed E-state index contributed by atoms with van der Waals surface area (Å²) in [5.74, 6) is -1.97. The van der Waals surface area contributed by atoms with Crippen molar-refractivity contribution in [3.05, 3.63) is 42.2 Å². The van der Waals surface area contributed by atoms with Gasteiger partial charge in [0.15, 0.2) is 0 Å². The number of sulfonamides is 1. The quantitative estimate of drug-likeness (QED) is 0.921. The number of nitrogens with one attached hydrogen (secondary N) is 1. The van der Waals surface area contributed by atoms with E-state index >= 15 is 0 Å². The number of para-hydroxylation sites is 1. The molecule has 2 rings (SSSR count). The lowest BCUT2D eigenvalue weighted by Gasteiger charge is -2.07. The molecule has 0 fully saturated rings. The highest BCUT2D eigenvalue weighted by molar-refractivity contribution is 7.92. The smallest absolute Gasteiger partial charge is 0.265 e. The SMILES string of the molecule is Cn1cc(S(=O)(=O)Nc2c(F)cccc2F)cn1. The molecule has 0 aliphatic rings. The largest absolute Gasteiger partial charge is 0.274 e. The number of hydrogen-bond acceptors (Lipinski definition) is 3. The van der Waals surface area contributed by atoms with Crippen molar-refractivity contribution in [1.29, 1.82) is 0 Å². The summed E-state index contributed by atoms with van der Waals surface area (Å²) >= 11 is 0. The van der Waals surface area contributed by atoms with Crippen molar-refractivity contribution in [2.75, 3.05) is 4.72 Å². The minimum atomic E-state index is -4.05. The van der Waals surface area contributed by atoms with Crippen LogP contribution in [0.5, 0.6) is 0 Å². The molecule has 2 aromatic rings. The van der Waals surface area contributed by atoms with Crippen LogP contribution in [0.15, 0.2) is 35.5 Å². The van der Waals surface area contributed by atoms with Gasteiger partial charge in [-0.25, -0.2) is 17.2 Å². The van der Waals surface area contributed by atoms with Crippen LogP contribution in [0.3, 0.4) is 0 Å². The van der Waals surface area contributed by atoms with Crippen LogP contribution in [0.1, 0.15) is 0 Å². The second-order valence-electron chi connectivity index (χ2n) is 3.55. The van der Waals surface area contributed by atoms with E-state index < -0.39 is 27.3 Å². The first kappa shape index (κ1) is 12.5. The number of halogens is 2. The van der Waals surface area contributed by atoms with Gasteiger partial charge < -0.3 is 0 Å². The van der Waals surface area contributed by atoms with Crippen LogP contribution < -0.4 is 4.72 Å². The lowest BCUT2D eigenvalue weighted by Crippen LogP contribution is -2.14. The standard InChI is InChI=1S/C10H9F2N3O2S/c1-15-6-7(5-13-15)18(16,17)14-10-8(11)3-2-4-9(10)12/h2-6,14H,1H3. The minimum absolute atomic E-state index is 0.173. The van der Waals surface area contributed by atoms with Gasteiger partial charge in [0.05, 0.1) is 6.20 Å². The fourth-order valence-corrected chi connectivity index (χ4v) is 2.38. The van der Waals surface area contributed by atoms with E-state index in [0.29, 0.717) is 0 Å². The van der Waals surface area contributed by atoms with Gasteiger partial charge in [-0.15, -0.1) is 0 Å². The molecule has 0 aliphatic heterocycles. The van der Waals surface area contributed by atoms with Crippen molar-refractivity contribution < 1.29 is 17.2 Å². The van der Waals surface area contributed by atoms with E-state index in [1.54, 1.807) is 0 Å². The van der Waals surface area contributed by atoms with E-state index in [4.69, 9.17) is 0 Å². The van der Waals surface area contributed by atoms with Gasteiger partial charge in [-0.2, -0.15) is 5.10 Å². The van der Waals surface area contributed by atoms with Gasteiger partial charge in [-0.3, -0.25) is 9.40 Å². The lowest BCUT2D eigenvalue weighted by molar-refractivity contribution is 0.583. The Morgan fingerprint density at radius 3 is 2.39 bits per heavy atom. The summed E-state index contributed by atoms with van der Waals surface area (Å²) in [6.07, 6.45) is 2.31. The van der Waals surface area contributed by atoms with Crippen LogP contribution in [0.4, 0.5) is 14.5 Å². The summed E-state index contributed by atoms with van der Waals surface area (Å²) in [5, 5.41) is 3.68. The number of aryl methyl sites for hydroxylation is 1. The normalized spacial score (nSPS) is 11.5. The molecular formula is C10H9F2N3O2S. The van der Waals surface area contributed by atoms with E-state index in [9.17, 15) is 17.2 Å². The highest BCUT2D eigenvalue weighted by Crippen LogP contribution is 2.21. The number of aromatic nitrogens is 2. The third kappa shape index (κ3) is 2.33. The summed E-state index contributed by atoms with van der Waals surface area (Å²) in [6, 6.07) is 3.07. The average Bonchev–Trinajstić information content (AvgIpc) is 2.71. The number of rotatable bonds is 3. The summed E-state index contributed by atoms with van der Waals surface area (Å²) < 4.78 is 53.4. The Labute approximate surface area is 102 Å². The summed E-state index contributed by atoms with van der Waals surface area (Å²) in [7, 11) is -2.52. The average molecular weight is 273 g/mol. The molecule has 5 nitrogen and oxygen atoms in total. The molecule has 0 radical (unpaired) electrons. The van der Waals surface area contributed by atoms with Gasteiger partial charge in [0.2, 0.25) is 0 Å². The number of hydrogen-bond donors (Lipinski definition) is 1. The highest BCUT2D eigenvalue weighted by atomic mass is 32.2. The van der Waals surface area contributed by atoms with Crippen LogP contribution in [0.2, 0.25) is 0 Å². The Bertz CT molecular complexity index is 662. The fraction of sp³-hybridized carbons (Fsp3) is 0.100. The Morgan fingerprint density at radius 2 is 1.89 bits per heavy atom. The molecule has 1 N–H and O–H groups in total. The molecule has 8 heteroatoms. The molecule has 18 heavy (non-hydrogen) atoms. The maximum Gasteiger partial charge on any atom is 0.265 e. The van der Waals surface area contributed by atoms with E-state index in [0.717, 1.165) is 24.4 Å². The summed E-state index contributed by atoms with van der Waals surface area (Å²) in [4.78, 5) is -0.173. The van der Waals surface area contributed by atoms with Crippen molar-refractivity contribution >= 4 is 15.7 Å². The predicted molar refractivity (Wildman–Crippen MR) is 60.4 cm³/mol. The Kier molecular flexibility index (Phi) is 3.04. The van der Waals surface area contributed by atoms with E-state index in [2.05, 4.69) is 5.10 Å². The zero-order chi connectivity index (χ0) is 13.3. The molecule has 0 saturated carbocycles. The third-order valence-electron chi connectivity index (χ3n) is 2.19. The Hall–Kier alpha value is -1.96. The molecule has 1 aromatic heterocycles. The monoisotopic (exact) mass is 273 g/mol. The summed E-state index contributed by atoms with van der Waals surface area (Å²) in [6.45, 7) is 0. The molecule has 0 atom stereocenters. The predicted octanol–water partition coefficient (Wildman–Crippen LogP) is 1.50. The fourth-order valence-electron chi connectivity index (χ4n) is 1.33. The van der Waals surface area contributed by atoms with Crippen LogP contribution >= 0.6 is 0 Å². The topological polar surface area (TPSA) is 64.0 Å². The van der Waals surface area contributed by atoms with Gasteiger partial charge >= 0.3 is 0 Å². The summed E-state index contributed by atoms with van der Waals surface area (Å²) in [5.41, 5.74) is -0.707. The molecule has 0 unspecified atom stereocenters. The van der Waals surface area contributed by atoms with Crippen LogP contribution in [-0.4, -0.2) is 18.2 Å². The first-order valence-corrected chi connectivity index (χ1v) is 6.34. The van der Waals surface area contributed by atoms with Crippen LogP contribution in [0.25, 0.3) is 0 Å². The third-order valence-corrected chi connectivity index (χ3v) is 3.49. The molecule has 0 aliphatic carbocycles. The zero-order valence-electron chi connectivity index (χ0n) is 9.26. The van der Waals surface area contributed by atoms with Crippen LogP contribution in [-0.2, 0) is 17.1 Å². The van der Waals surface area contributed by atoms with Gasteiger partial charge in [-0.1, -0.05) is 6.07 Å². The Balaban J connectivity index is 2.40. The van der Waals surface area contributed by atoms with Crippen molar-refractivity contribution in [2.24, 2.45) is 7.05 Å². The van der Waals surface area contributed by atoms with Gasteiger partial charge in [0.1, 0.15) is 22.2 Å². The van der Waals surface area contributed by atoms with Gasteiger partial charge in [0, 0.05) is 13.2 Å². The molecule has 0 spiro atoms. The first-order valence-electron chi connectivity index (χ1n) is 4.85. The lowest BCUT2D eigenvalue weighted by atomic mass is 10.3. The van der Waals surface area contributed by atoms with Crippen molar-refractivity contribution in [1.82, 2.24) is 9.78 Å². The van der Waals surface area contributed by atoms with Crippen molar-refractivity contribution in [2.45, 2.75) is 4.90 Å². The Morgan fingerprint density at radius 1 is 1.28 bits per heavy atom. The molecule has 0 bridgehead atoms. The highest BCUT2D eigenvalue weighted by Gasteiger charge is 2.20.